The quantitative estimate of drug-likeness (QED) is 0.913. The number of aryl methyl sites for hydroxylation is 1. The Morgan fingerprint density at radius 3 is 2.47 bits per heavy atom. The molecule has 0 spiro atoms. The van der Waals surface area contributed by atoms with Gasteiger partial charge in [0.1, 0.15) is 0 Å². The van der Waals surface area contributed by atoms with Gasteiger partial charge in [0.15, 0.2) is 0 Å². The van der Waals surface area contributed by atoms with Gasteiger partial charge in [0.2, 0.25) is 0 Å². The first-order chi connectivity index (χ1) is 9.06. The molecule has 2 aromatic rings. The Morgan fingerprint density at radius 2 is 1.89 bits per heavy atom. The second kappa shape index (κ2) is 5.89. The van der Waals surface area contributed by atoms with Gasteiger partial charge in [0.25, 0.3) is 0 Å². The standard InChI is InChI=1S/C16H15ClO2/c1-11-5-7-13(8-6-11)15(16(18)19)10-12-3-2-4-14(17)9-12/h2-9,15H,10H2,1H3,(H,18,19). The molecule has 0 amide bonds. The van der Waals surface area contributed by atoms with Crippen molar-refractivity contribution in [3.05, 3.63) is 70.2 Å². The first-order valence-corrected chi connectivity index (χ1v) is 6.48. The summed E-state index contributed by atoms with van der Waals surface area (Å²) < 4.78 is 0. The molecule has 0 saturated carbocycles. The number of carboxylic acid groups (broad SMARTS) is 1. The molecule has 1 N–H and O–H groups in total. The van der Waals surface area contributed by atoms with Crippen LogP contribution in [0.3, 0.4) is 0 Å². The first-order valence-electron chi connectivity index (χ1n) is 6.10. The second-order valence-corrected chi connectivity index (χ2v) is 5.07. The van der Waals surface area contributed by atoms with Crippen molar-refractivity contribution in [3.63, 3.8) is 0 Å². The van der Waals surface area contributed by atoms with E-state index in [0.717, 1.165) is 16.7 Å². The topological polar surface area (TPSA) is 37.3 Å². The van der Waals surface area contributed by atoms with Crippen molar-refractivity contribution in [1.29, 1.82) is 0 Å². The lowest BCUT2D eigenvalue weighted by Crippen LogP contribution is -2.14. The zero-order chi connectivity index (χ0) is 13.8. The molecule has 0 saturated heterocycles. The van der Waals surface area contributed by atoms with E-state index in [9.17, 15) is 9.90 Å². The fourth-order valence-electron chi connectivity index (χ4n) is 2.05. The molecule has 0 heterocycles. The number of rotatable bonds is 4. The number of benzene rings is 2. The number of aliphatic carboxylic acids is 1. The molecule has 98 valence electrons. The van der Waals surface area contributed by atoms with Crippen molar-refractivity contribution >= 4 is 17.6 Å². The number of carbonyl (C=O) groups is 1. The van der Waals surface area contributed by atoms with E-state index in [4.69, 9.17) is 11.6 Å². The molecule has 0 radical (unpaired) electrons. The summed E-state index contributed by atoms with van der Waals surface area (Å²) >= 11 is 5.93. The van der Waals surface area contributed by atoms with E-state index in [1.54, 1.807) is 6.07 Å². The molecule has 0 aliphatic rings. The summed E-state index contributed by atoms with van der Waals surface area (Å²) in [7, 11) is 0. The highest BCUT2D eigenvalue weighted by Crippen LogP contribution is 2.23. The van der Waals surface area contributed by atoms with E-state index < -0.39 is 11.9 Å². The third-order valence-electron chi connectivity index (χ3n) is 3.11. The molecule has 0 aliphatic heterocycles. The summed E-state index contributed by atoms with van der Waals surface area (Å²) in [6.07, 6.45) is 0.443. The predicted molar refractivity (Wildman–Crippen MR) is 76.7 cm³/mol. The third-order valence-corrected chi connectivity index (χ3v) is 3.34. The molecule has 2 nitrogen and oxygen atoms in total. The van der Waals surface area contributed by atoms with Gasteiger partial charge in [-0.25, -0.2) is 0 Å². The Bertz CT molecular complexity index is 576. The number of hydrogen-bond donors (Lipinski definition) is 1. The second-order valence-electron chi connectivity index (χ2n) is 4.64. The van der Waals surface area contributed by atoms with Crippen LogP contribution < -0.4 is 0 Å². The highest BCUT2D eigenvalue weighted by atomic mass is 35.5. The third kappa shape index (κ3) is 3.58. The van der Waals surface area contributed by atoms with Crippen LogP contribution in [0.5, 0.6) is 0 Å². The van der Waals surface area contributed by atoms with Crippen LogP contribution >= 0.6 is 11.6 Å². The molecule has 19 heavy (non-hydrogen) atoms. The zero-order valence-electron chi connectivity index (χ0n) is 10.6. The van der Waals surface area contributed by atoms with Gasteiger partial charge in [-0.1, -0.05) is 53.6 Å². The Kier molecular flexibility index (Phi) is 4.23. The van der Waals surface area contributed by atoms with E-state index in [2.05, 4.69) is 0 Å². The lowest BCUT2D eigenvalue weighted by Gasteiger charge is -2.13. The maximum absolute atomic E-state index is 11.4. The van der Waals surface area contributed by atoms with Crippen LogP contribution in [0.25, 0.3) is 0 Å². The summed E-state index contributed by atoms with van der Waals surface area (Å²) in [4.78, 5) is 11.4. The van der Waals surface area contributed by atoms with Crippen molar-refractivity contribution in [2.45, 2.75) is 19.3 Å². The van der Waals surface area contributed by atoms with E-state index >= 15 is 0 Å². The van der Waals surface area contributed by atoms with Gasteiger partial charge < -0.3 is 5.11 Å². The molecule has 3 heteroatoms. The lowest BCUT2D eigenvalue weighted by molar-refractivity contribution is -0.138. The highest BCUT2D eigenvalue weighted by Gasteiger charge is 2.20. The zero-order valence-corrected chi connectivity index (χ0v) is 11.4. The van der Waals surface area contributed by atoms with Crippen LogP contribution in [0.1, 0.15) is 22.6 Å². The summed E-state index contributed by atoms with van der Waals surface area (Å²) in [6, 6.07) is 14.9. The Labute approximate surface area is 117 Å². The molecule has 0 fully saturated rings. The number of hydrogen-bond acceptors (Lipinski definition) is 1. The smallest absolute Gasteiger partial charge is 0.311 e. The van der Waals surface area contributed by atoms with Crippen LogP contribution in [-0.2, 0) is 11.2 Å². The molecule has 0 aliphatic carbocycles. The minimum absolute atomic E-state index is 0.443. The number of carboxylic acids is 1. The van der Waals surface area contributed by atoms with Crippen molar-refractivity contribution in [3.8, 4) is 0 Å². The van der Waals surface area contributed by atoms with Crippen LogP contribution in [0.2, 0.25) is 5.02 Å². The van der Waals surface area contributed by atoms with Crippen LogP contribution in [0, 0.1) is 6.92 Å². The number of halogens is 1. The Hall–Kier alpha value is -1.80. The summed E-state index contributed by atoms with van der Waals surface area (Å²) in [5.74, 6) is -1.36. The van der Waals surface area contributed by atoms with Crippen molar-refractivity contribution < 1.29 is 9.90 Å². The average molecular weight is 275 g/mol. The van der Waals surface area contributed by atoms with Gasteiger partial charge >= 0.3 is 5.97 Å². The summed E-state index contributed by atoms with van der Waals surface area (Å²) in [5, 5.41) is 10.0. The Balaban J connectivity index is 2.26. The monoisotopic (exact) mass is 274 g/mol. The Morgan fingerprint density at radius 1 is 1.21 bits per heavy atom. The SMILES string of the molecule is Cc1ccc(C(Cc2cccc(Cl)c2)C(=O)O)cc1. The van der Waals surface area contributed by atoms with Crippen LogP contribution in [0.4, 0.5) is 0 Å². The normalized spacial score (nSPS) is 12.1. The van der Waals surface area contributed by atoms with Crippen LogP contribution in [0.15, 0.2) is 48.5 Å². The molecule has 0 bridgehead atoms. The lowest BCUT2D eigenvalue weighted by atomic mass is 9.91. The van der Waals surface area contributed by atoms with Crippen LogP contribution in [-0.4, -0.2) is 11.1 Å². The molecule has 0 aromatic heterocycles. The fraction of sp³-hybridized carbons (Fsp3) is 0.188. The molecule has 1 unspecified atom stereocenters. The minimum Gasteiger partial charge on any atom is -0.481 e. The van der Waals surface area contributed by atoms with Gasteiger partial charge in [-0.15, -0.1) is 0 Å². The summed E-state index contributed by atoms with van der Waals surface area (Å²) in [5.41, 5.74) is 2.87. The molecule has 2 aromatic carbocycles. The van der Waals surface area contributed by atoms with Gasteiger partial charge in [0.05, 0.1) is 5.92 Å². The van der Waals surface area contributed by atoms with Gasteiger partial charge in [0, 0.05) is 5.02 Å². The molecular weight excluding hydrogens is 260 g/mol. The summed E-state index contributed by atoms with van der Waals surface area (Å²) in [6.45, 7) is 1.98. The molecule has 2 rings (SSSR count). The van der Waals surface area contributed by atoms with Crippen molar-refractivity contribution in [1.82, 2.24) is 0 Å². The van der Waals surface area contributed by atoms with E-state index in [-0.39, 0.29) is 0 Å². The van der Waals surface area contributed by atoms with Gasteiger partial charge in [-0.2, -0.15) is 0 Å². The van der Waals surface area contributed by atoms with E-state index in [1.165, 1.54) is 0 Å². The van der Waals surface area contributed by atoms with Crippen molar-refractivity contribution in [2.24, 2.45) is 0 Å². The first kappa shape index (κ1) is 13.6. The minimum atomic E-state index is -0.816. The highest BCUT2D eigenvalue weighted by molar-refractivity contribution is 6.30. The van der Waals surface area contributed by atoms with E-state index in [1.807, 2.05) is 49.4 Å². The molecular formula is C16H15ClO2. The van der Waals surface area contributed by atoms with Crippen molar-refractivity contribution in [2.75, 3.05) is 0 Å². The maximum Gasteiger partial charge on any atom is 0.311 e. The van der Waals surface area contributed by atoms with Gasteiger partial charge in [-0.3, -0.25) is 4.79 Å². The average Bonchev–Trinajstić information content (AvgIpc) is 2.37. The molecule has 1 atom stereocenters. The largest absolute Gasteiger partial charge is 0.481 e. The fourth-order valence-corrected chi connectivity index (χ4v) is 2.26. The predicted octanol–water partition coefficient (Wildman–Crippen LogP) is 4.06. The maximum atomic E-state index is 11.4. The van der Waals surface area contributed by atoms with Gasteiger partial charge in [-0.05, 0) is 36.6 Å². The van der Waals surface area contributed by atoms with E-state index in [0.29, 0.717) is 11.4 Å².